The number of aromatic nitrogens is 1. The van der Waals surface area contributed by atoms with E-state index < -0.39 is 18.6 Å². The molecule has 0 aliphatic rings. The van der Waals surface area contributed by atoms with Crippen LogP contribution in [0, 0.1) is 6.92 Å². The Labute approximate surface area is 101 Å². The molecular weight excluding hydrogens is 251 g/mol. The van der Waals surface area contributed by atoms with E-state index in [2.05, 4.69) is 4.98 Å². The van der Waals surface area contributed by atoms with Crippen molar-refractivity contribution in [1.82, 2.24) is 4.98 Å². The molecule has 0 spiro atoms. The number of hydrogen-bond donors (Lipinski definition) is 1. The van der Waals surface area contributed by atoms with Crippen molar-refractivity contribution in [3.05, 3.63) is 23.4 Å². The van der Waals surface area contributed by atoms with Crippen LogP contribution in [0.1, 0.15) is 28.9 Å². The zero-order valence-electron chi connectivity index (χ0n) is 9.62. The smallest absolute Gasteiger partial charge is 0.389 e. The summed E-state index contributed by atoms with van der Waals surface area (Å²) in [6.07, 6.45) is -5.27. The van der Waals surface area contributed by atoms with Gasteiger partial charge in [0.1, 0.15) is 0 Å². The number of aromatic carboxylic acids is 1. The zero-order chi connectivity index (χ0) is 13.8. The van der Waals surface area contributed by atoms with Gasteiger partial charge in [0.05, 0.1) is 17.9 Å². The molecule has 0 aliphatic heterocycles. The first kappa shape index (κ1) is 14.3. The van der Waals surface area contributed by atoms with Crippen LogP contribution >= 0.6 is 0 Å². The molecule has 0 bridgehead atoms. The maximum absolute atomic E-state index is 11.9. The summed E-state index contributed by atoms with van der Waals surface area (Å²) in [6.45, 7) is 1.38. The van der Waals surface area contributed by atoms with Gasteiger partial charge in [0, 0.05) is 12.5 Å². The number of pyridine rings is 1. The molecule has 100 valence electrons. The lowest BCUT2D eigenvalue weighted by atomic mass is 10.2. The molecule has 0 amide bonds. The Kier molecular flexibility index (Phi) is 4.52. The van der Waals surface area contributed by atoms with E-state index in [1.165, 1.54) is 19.1 Å². The van der Waals surface area contributed by atoms with E-state index in [1.807, 2.05) is 0 Å². The third-order valence-corrected chi connectivity index (χ3v) is 2.15. The highest BCUT2D eigenvalue weighted by Crippen LogP contribution is 2.21. The minimum absolute atomic E-state index is 0.0395. The van der Waals surface area contributed by atoms with Gasteiger partial charge < -0.3 is 9.84 Å². The molecule has 1 aromatic heterocycles. The van der Waals surface area contributed by atoms with Crippen molar-refractivity contribution in [3.63, 3.8) is 0 Å². The van der Waals surface area contributed by atoms with Crippen molar-refractivity contribution < 1.29 is 27.8 Å². The lowest BCUT2D eigenvalue weighted by Crippen LogP contribution is -2.10. The SMILES string of the molecule is Cc1nc(OCCCC(F)(F)F)ccc1C(=O)O. The number of ether oxygens (including phenoxy) is 1. The van der Waals surface area contributed by atoms with E-state index in [-0.39, 0.29) is 30.2 Å². The summed E-state index contributed by atoms with van der Waals surface area (Å²) in [5.74, 6) is -0.983. The fourth-order valence-corrected chi connectivity index (χ4v) is 1.29. The van der Waals surface area contributed by atoms with Gasteiger partial charge in [-0.2, -0.15) is 13.2 Å². The Bertz CT molecular complexity index is 432. The molecular formula is C11H12F3NO3. The van der Waals surface area contributed by atoms with Crippen LogP contribution < -0.4 is 4.74 Å². The molecule has 0 radical (unpaired) electrons. The first-order valence-corrected chi connectivity index (χ1v) is 5.20. The van der Waals surface area contributed by atoms with Gasteiger partial charge in [-0.3, -0.25) is 0 Å². The summed E-state index contributed by atoms with van der Waals surface area (Å²) in [6, 6.07) is 2.63. The van der Waals surface area contributed by atoms with Crippen molar-refractivity contribution in [1.29, 1.82) is 0 Å². The summed E-state index contributed by atoms with van der Waals surface area (Å²) >= 11 is 0. The second-order valence-corrected chi connectivity index (χ2v) is 3.65. The first-order chi connectivity index (χ1) is 8.29. The van der Waals surface area contributed by atoms with Gasteiger partial charge in [0.15, 0.2) is 0 Å². The Morgan fingerprint density at radius 1 is 1.44 bits per heavy atom. The quantitative estimate of drug-likeness (QED) is 0.830. The minimum Gasteiger partial charge on any atom is -0.478 e. The van der Waals surface area contributed by atoms with Crippen molar-refractivity contribution in [2.45, 2.75) is 25.9 Å². The maximum atomic E-state index is 11.9. The highest BCUT2D eigenvalue weighted by atomic mass is 19.4. The van der Waals surface area contributed by atoms with Gasteiger partial charge in [-0.05, 0) is 19.4 Å². The Morgan fingerprint density at radius 3 is 2.61 bits per heavy atom. The number of alkyl halides is 3. The number of carboxylic acid groups (broad SMARTS) is 1. The average Bonchev–Trinajstić information content (AvgIpc) is 2.22. The lowest BCUT2D eigenvalue weighted by molar-refractivity contribution is -0.136. The average molecular weight is 263 g/mol. The predicted molar refractivity (Wildman–Crippen MR) is 56.7 cm³/mol. The molecule has 1 N–H and O–H groups in total. The fraction of sp³-hybridized carbons (Fsp3) is 0.455. The highest BCUT2D eigenvalue weighted by molar-refractivity contribution is 5.88. The van der Waals surface area contributed by atoms with Crippen LogP contribution in [0.4, 0.5) is 13.2 Å². The lowest BCUT2D eigenvalue weighted by Gasteiger charge is -2.08. The third kappa shape index (κ3) is 4.60. The molecule has 1 aromatic rings. The normalized spacial score (nSPS) is 11.3. The zero-order valence-corrected chi connectivity index (χ0v) is 9.62. The number of carbonyl (C=O) groups is 1. The van der Waals surface area contributed by atoms with Crippen molar-refractivity contribution in [2.24, 2.45) is 0 Å². The molecule has 0 aliphatic carbocycles. The van der Waals surface area contributed by atoms with E-state index in [0.29, 0.717) is 0 Å². The Morgan fingerprint density at radius 2 is 2.11 bits per heavy atom. The summed E-state index contributed by atoms with van der Waals surface area (Å²) in [7, 11) is 0. The summed E-state index contributed by atoms with van der Waals surface area (Å²) in [5.41, 5.74) is 0.300. The number of rotatable bonds is 5. The third-order valence-electron chi connectivity index (χ3n) is 2.15. The predicted octanol–water partition coefficient (Wildman–Crippen LogP) is 2.81. The largest absolute Gasteiger partial charge is 0.478 e. The van der Waals surface area contributed by atoms with Crippen LogP contribution in [0.3, 0.4) is 0 Å². The molecule has 0 saturated heterocycles. The molecule has 1 heterocycles. The monoisotopic (exact) mass is 263 g/mol. The van der Waals surface area contributed by atoms with Gasteiger partial charge in [0.25, 0.3) is 0 Å². The van der Waals surface area contributed by atoms with Crippen LogP contribution in [0.5, 0.6) is 5.88 Å². The van der Waals surface area contributed by atoms with E-state index in [0.717, 1.165) is 0 Å². The van der Waals surface area contributed by atoms with Gasteiger partial charge in [-0.25, -0.2) is 9.78 Å². The molecule has 7 heteroatoms. The van der Waals surface area contributed by atoms with Crippen molar-refractivity contribution in [3.8, 4) is 5.88 Å². The van der Waals surface area contributed by atoms with E-state index in [9.17, 15) is 18.0 Å². The number of nitrogens with zero attached hydrogens (tertiary/aromatic N) is 1. The van der Waals surface area contributed by atoms with Crippen LogP contribution in [0.15, 0.2) is 12.1 Å². The van der Waals surface area contributed by atoms with E-state index in [1.54, 1.807) is 0 Å². The van der Waals surface area contributed by atoms with Crippen molar-refractivity contribution in [2.75, 3.05) is 6.61 Å². The fourth-order valence-electron chi connectivity index (χ4n) is 1.29. The molecule has 18 heavy (non-hydrogen) atoms. The molecule has 1 rings (SSSR count). The molecule has 0 saturated carbocycles. The van der Waals surface area contributed by atoms with Crippen LogP contribution in [0.25, 0.3) is 0 Å². The molecule has 0 atom stereocenters. The highest BCUT2D eigenvalue weighted by Gasteiger charge is 2.26. The molecule has 0 fully saturated rings. The second kappa shape index (κ2) is 5.70. The molecule has 4 nitrogen and oxygen atoms in total. The van der Waals surface area contributed by atoms with E-state index in [4.69, 9.17) is 9.84 Å². The van der Waals surface area contributed by atoms with Crippen molar-refractivity contribution >= 4 is 5.97 Å². The first-order valence-electron chi connectivity index (χ1n) is 5.20. The number of carboxylic acids is 1. The van der Waals surface area contributed by atoms with Gasteiger partial charge in [0.2, 0.25) is 5.88 Å². The summed E-state index contributed by atoms with van der Waals surface area (Å²) in [4.78, 5) is 14.5. The molecule has 0 unspecified atom stereocenters. The molecule has 0 aromatic carbocycles. The standard InChI is InChI=1S/C11H12F3NO3/c1-7-8(10(16)17)3-4-9(15-7)18-6-2-5-11(12,13)14/h3-4H,2,5-6H2,1H3,(H,16,17). The summed E-state index contributed by atoms with van der Waals surface area (Å²) in [5, 5.41) is 8.75. The maximum Gasteiger partial charge on any atom is 0.389 e. The van der Waals surface area contributed by atoms with Crippen LogP contribution in [-0.4, -0.2) is 28.8 Å². The Balaban J connectivity index is 2.49. The van der Waals surface area contributed by atoms with Gasteiger partial charge >= 0.3 is 12.1 Å². The van der Waals surface area contributed by atoms with E-state index >= 15 is 0 Å². The topological polar surface area (TPSA) is 59.4 Å². The van der Waals surface area contributed by atoms with Crippen LogP contribution in [-0.2, 0) is 0 Å². The second-order valence-electron chi connectivity index (χ2n) is 3.65. The number of aryl methyl sites for hydroxylation is 1. The Hall–Kier alpha value is -1.79. The number of halogens is 3. The number of hydrogen-bond acceptors (Lipinski definition) is 3. The van der Waals surface area contributed by atoms with Gasteiger partial charge in [-0.15, -0.1) is 0 Å². The van der Waals surface area contributed by atoms with Crippen LogP contribution in [0.2, 0.25) is 0 Å². The summed E-state index contributed by atoms with van der Waals surface area (Å²) < 4.78 is 40.6. The van der Waals surface area contributed by atoms with Gasteiger partial charge in [-0.1, -0.05) is 0 Å². The minimum atomic E-state index is -4.19.